The van der Waals surface area contributed by atoms with Crippen LogP contribution in [0.15, 0.2) is 53.7 Å². The number of carbonyl (C=O) groups is 2. The van der Waals surface area contributed by atoms with Crippen LogP contribution in [0.4, 0.5) is 11.4 Å². The first kappa shape index (κ1) is 27.1. The average molecular weight is 518 g/mol. The van der Waals surface area contributed by atoms with Crippen molar-refractivity contribution in [3.8, 4) is 5.75 Å². The number of nitrogens with one attached hydrogen (secondary N) is 1. The minimum Gasteiger partial charge on any atom is -0.507 e. The second-order valence-electron chi connectivity index (χ2n) is 12.1. The summed E-state index contributed by atoms with van der Waals surface area (Å²) < 4.78 is 10.8. The number of phenolic OH excluding ortho intramolecular Hbond substituents is 1. The zero-order valence-electron chi connectivity index (χ0n) is 23.2. The molecular weight excluding hydrogens is 482 g/mol. The first-order valence-corrected chi connectivity index (χ1v) is 12.6. The molecule has 4 rings (SSSR count). The van der Waals surface area contributed by atoms with E-state index in [-0.39, 0.29) is 22.4 Å². The van der Waals surface area contributed by atoms with Crippen molar-refractivity contribution >= 4 is 40.1 Å². The maximum absolute atomic E-state index is 13.1. The molecule has 200 valence electrons. The number of aromatic nitrogens is 1. The van der Waals surface area contributed by atoms with Crippen LogP contribution in [0.2, 0.25) is 0 Å². The Morgan fingerprint density at radius 3 is 2.05 bits per heavy atom. The summed E-state index contributed by atoms with van der Waals surface area (Å²) in [4.78, 5) is 35.4. The number of hydrogen-bond donors (Lipinski definition) is 2. The van der Waals surface area contributed by atoms with Crippen molar-refractivity contribution in [2.24, 2.45) is 10.9 Å². The van der Waals surface area contributed by atoms with Crippen LogP contribution in [0.5, 0.6) is 5.75 Å². The number of fused-ring (bicyclic) bond motifs is 1. The number of benzene rings is 2. The average Bonchev–Trinajstić information content (AvgIpc) is 2.77. The monoisotopic (exact) mass is 517 g/mol. The van der Waals surface area contributed by atoms with Crippen LogP contribution in [0, 0.1) is 5.92 Å². The van der Waals surface area contributed by atoms with E-state index in [4.69, 9.17) is 14.5 Å². The number of hydrogen-bond acceptors (Lipinski definition) is 7. The quantitative estimate of drug-likeness (QED) is 0.141. The van der Waals surface area contributed by atoms with Crippen LogP contribution in [-0.4, -0.2) is 33.7 Å². The van der Waals surface area contributed by atoms with Gasteiger partial charge in [0.2, 0.25) is 5.92 Å². The number of nitrogens with zero attached hydrogens (tertiary/aromatic N) is 2. The number of anilines is 1. The standard InChI is InChI=1S/C30H35N3O5/c1-28(2,3)19-15-17(16-20(24(19)34)29(4,5)6)32-25(23-26(35)37-30(7,8)38-27(23)36)33-22-13-14-31-21-12-10-9-11-18(21)22/h9-16,23,34H,1-8H3,(H,31,32,33). The Labute approximate surface area is 223 Å². The maximum atomic E-state index is 13.1. The maximum Gasteiger partial charge on any atom is 0.331 e. The minimum atomic E-state index is -1.43. The number of carbonyl (C=O) groups excluding carboxylic acids is 2. The van der Waals surface area contributed by atoms with Gasteiger partial charge in [0.05, 0.1) is 11.2 Å². The van der Waals surface area contributed by atoms with Gasteiger partial charge in [-0.05, 0) is 35.1 Å². The number of para-hydroxylation sites is 1. The highest BCUT2D eigenvalue weighted by molar-refractivity contribution is 6.22. The van der Waals surface area contributed by atoms with Crippen molar-refractivity contribution in [2.75, 3.05) is 5.32 Å². The molecule has 0 radical (unpaired) electrons. The highest BCUT2D eigenvalue weighted by Crippen LogP contribution is 2.41. The molecule has 1 aliphatic heterocycles. The van der Waals surface area contributed by atoms with Gasteiger partial charge in [-0.2, -0.15) is 0 Å². The fourth-order valence-electron chi connectivity index (χ4n) is 4.41. The van der Waals surface area contributed by atoms with Gasteiger partial charge in [-0.1, -0.05) is 59.7 Å². The first-order chi connectivity index (χ1) is 17.6. The zero-order valence-corrected chi connectivity index (χ0v) is 23.2. The molecule has 0 bridgehead atoms. The number of amidine groups is 1. The van der Waals surface area contributed by atoms with Crippen molar-refractivity contribution < 1.29 is 24.2 Å². The first-order valence-electron chi connectivity index (χ1n) is 12.6. The molecule has 8 heteroatoms. The van der Waals surface area contributed by atoms with Crippen molar-refractivity contribution in [1.82, 2.24) is 4.98 Å². The van der Waals surface area contributed by atoms with Crippen molar-refractivity contribution in [2.45, 2.75) is 72.0 Å². The van der Waals surface area contributed by atoms with E-state index < -0.39 is 23.6 Å². The number of ether oxygens (including phenoxy) is 2. The van der Waals surface area contributed by atoms with E-state index in [2.05, 4.69) is 10.3 Å². The van der Waals surface area contributed by atoms with Crippen molar-refractivity contribution in [3.63, 3.8) is 0 Å². The molecule has 1 fully saturated rings. The van der Waals surface area contributed by atoms with Gasteiger partial charge in [-0.15, -0.1) is 0 Å². The third-order valence-corrected chi connectivity index (χ3v) is 6.30. The molecule has 38 heavy (non-hydrogen) atoms. The summed E-state index contributed by atoms with van der Waals surface area (Å²) in [6.45, 7) is 15.1. The second-order valence-corrected chi connectivity index (χ2v) is 12.1. The Morgan fingerprint density at radius 2 is 1.50 bits per heavy atom. The van der Waals surface area contributed by atoms with Crippen LogP contribution < -0.4 is 5.32 Å². The molecule has 1 aliphatic rings. The van der Waals surface area contributed by atoms with E-state index in [9.17, 15) is 14.7 Å². The molecular formula is C30H35N3O5. The second kappa shape index (κ2) is 9.42. The Hall–Kier alpha value is -3.94. The molecule has 0 amide bonds. The number of aliphatic imine (C=N–C) groups is 1. The van der Waals surface area contributed by atoms with Crippen LogP contribution in [0.1, 0.15) is 66.5 Å². The molecule has 0 unspecified atom stereocenters. The number of phenols is 1. The topological polar surface area (TPSA) is 110 Å². The normalized spacial score (nSPS) is 16.8. The van der Waals surface area contributed by atoms with E-state index in [1.54, 1.807) is 12.3 Å². The lowest BCUT2D eigenvalue weighted by Gasteiger charge is -2.33. The van der Waals surface area contributed by atoms with Crippen LogP contribution in [0.25, 0.3) is 10.9 Å². The van der Waals surface area contributed by atoms with Gasteiger partial charge in [0.25, 0.3) is 5.79 Å². The zero-order chi connectivity index (χ0) is 28.0. The third kappa shape index (κ3) is 5.49. The Bertz CT molecular complexity index is 1380. The predicted octanol–water partition coefficient (Wildman–Crippen LogP) is 6.13. The number of pyridine rings is 1. The van der Waals surface area contributed by atoms with Crippen LogP contribution >= 0.6 is 0 Å². The van der Waals surface area contributed by atoms with E-state index >= 15 is 0 Å². The highest BCUT2D eigenvalue weighted by atomic mass is 16.7. The lowest BCUT2D eigenvalue weighted by molar-refractivity contribution is -0.235. The number of rotatable bonds is 3. The molecule has 0 spiro atoms. The largest absolute Gasteiger partial charge is 0.507 e. The van der Waals surface area contributed by atoms with Gasteiger partial charge >= 0.3 is 11.9 Å². The van der Waals surface area contributed by atoms with Crippen molar-refractivity contribution in [3.05, 3.63) is 59.8 Å². The van der Waals surface area contributed by atoms with Crippen LogP contribution in [-0.2, 0) is 29.9 Å². The molecule has 2 N–H and O–H groups in total. The van der Waals surface area contributed by atoms with Gasteiger partial charge < -0.3 is 19.9 Å². The molecule has 0 saturated carbocycles. The van der Waals surface area contributed by atoms with Gasteiger partial charge in [0.15, 0.2) is 0 Å². The molecule has 2 heterocycles. The molecule has 1 aromatic heterocycles. The summed E-state index contributed by atoms with van der Waals surface area (Å²) in [7, 11) is 0. The summed E-state index contributed by atoms with van der Waals surface area (Å²) in [6, 6.07) is 12.8. The molecule has 2 aromatic carbocycles. The number of cyclic esters (lactones) is 2. The molecule has 8 nitrogen and oxygen atoms in total. The lowest BCUT2D eigenvalue weighted by Crippen LogP contribution is -2.50. The molecule has 0 aliphatic carbocycles. The van der Waals surface area contributed by atoms with Gasteiger partial charge in [-0.3, -0.25) is 14.6 Å². The van der Waals surface area contributed by atoms with Gasteiger partial charge in [0, 0.05) is 42.2 Å². The molecule has 0 atom stereocenters. The summed E-state index contributed by atoms with van der Waals surface area (Å²) in [6.07, 6.45) is 1.62. The minimum absolute atomic E-state index is 0.0530. The fraction of sp³-hybridized carbons (Fsp3) is 0.400. The molecule has 3 aromatic rings. The lowest BCUT2D eigenvalue weighted by atomic mass is 9.79. The summed E-state index contributed by atoms with van der Waals surface area (Å²) in [5, 5.41) is 15.1. The Morgan fingerprint density at radius 1 is 0.947 bits per heavy atom. The molecule has 1 saturated heterocycles. The van der Waals surface area contributed by atoms with E-state index in [1.807, 2.05) is 77.9 Å². The van der Waals surface area contributed by atoms with E-state index in [1.165, 1.54) is 13.8 Å². The summed E-state index contributed by atoms with van der Waals surface area (Å²) in [5.41, 5.74) is 2.49. The smallest absolute Gasteiger partial charge is 0.331 e. The fourth-order valence-corrected chi connectivity index (χ4v) is 4.41. The number of esters is 2. The van der Waals surface area contributed by atoms with Crippen LogP contribution in [0.3, 0.4) is 0 Å². The number of aromatic hydroxyl groups is 1. The van der Waals surface area contributed by atoms with E-state index in [0.717, 1.165) is 22.0 Å². The third-order valence-electron chi connectivity index (χ3n) is 6.30. The summed E-state index contributed by atoms with van der Waals surface area (Å²) >= 11 is 0. The predicted molar refractivity (Wildman–Crippen MR) is 148 cm³/mol. The van der Waals surface area contributed by atoms with Gasteiger partial charge in [-0.25, -0.2) is 4.99 Å². The Balaban J connectivity index is 1.91. The highest BCUT2D eigenvalue weighted by Gasteiger charge is 2.46. The van der Waals surface area contributed by atoms with Gasteiger partial charge in [0.1, 0.15) is 11.6 Å². The SMILES string of the molecule is CC1(C)OC(=O)C(C(=Nc2ccnc3ccccc23)Nc2cc(C(C)(C)C)c(O)c(C(C)(C)C)c2)C(=O)O1. The van der Waals surface area contributed by atoms with E-state index in [0.29, 0.717) is 11.4 Å². The Kier molecular flexibility index (Phi) is 6.72. The van der Waals surface area contributed by atoms with Crippen molar-refractivity contribution in [1.29, 1.82) is 0 Å². The summed E-state index contributed by atoms with van der Waals surface area (Å²) in [5.74, 6) is -4.07.